The van der Waals surface area contributed by atoms with Crippen LogP contribution in [0.3, 0.4) is 0 Å². The van der Waals surface area contributed by atoms with Crippen LogP contribution in [0.1, 0.15) is 126 Å². The van der Waals surface area contributed by atoms with Crippen molar-refractivity contribution < 1.29 is 10.2 Å². The average Bonchev–Trinajstić information content (AvgIpc) is 3.03. The first-order valence-electron chi connectivity index (χ1n) is 14.1. The molecule has 0 aliphatic heterocycles. The molecule has 186 valence electrons. The van der Waals surface area contributed by atoms with Gasteiger partial charge in [0.15, 0.2) is 0 Å². The Balaban J connectivity index is 1.64. The molecule has 9 atom stereocenters. The predicted molar refractivity (Wildman–Crippen MR) is 134 cm³/mol. The van der Waals surface area contributed by atoms with Gasteiger partial charge in [0.2, 0.25) is 0 Å². The van der Waals surface area contributed by atoms with Gasteiger partial charge < -0.3 is 10.2 Å². The molecule has 0 radical (unpaired) electrons. The van der Waals surface area contributed by atoms with E-state index in [0.717, 1.165) is 31.6 Å². The molecule has 2 nitrogen and oxygen atoms in total. The van der Waals surface area contributed by atoms with Gasteiger partial charge in [0.05, 0.1) is 11.7 Å². The summed E-state index contributed by atoms with van der Waals surface area (Å²) in [5.41, 5.74) is 0.530. The van der Waals surface area contributed by atoms with Gasteiger partial charge in [-0.15, -0.1) is 0 Å². The second-order valence-electron chi connectivity index (χ2n) is 14.9. The van der Waals surface area contributed by atoms with Gasteiger partial charge in [-0.05, 0) is 110 Å². The Morgan fingerprint density at radius 2 is 1.56 bits per heavy atom. The van der Waals surface area contributed by atoms with Crippen LogP contribution >= 0.6 is 0 Å². The smallest absolute Gasteiger partial charge is 0.0651 e. The highest BCUT2D eigenvalue weighted by Gasteiger charge is 2.70. The fourth-order valence-corrected chi connectivity index (χ4v) is 10.6. The van der Waals surface area contributed by atoms with Gasteiger partial charge in [-0.25, -0.2) is 0 Å². The zero-order chi connectivity index (χ0) is 23.7. The van der Waals surface area contributed by atoms with Crippen LogP contribution in [0.25, 0.3) is 0 Å². The van der Waals surface area contributed by atoms with E-state index in [-0.39, 0.29) is 28.8 Å². The van der Waals surface area contributed by atoms with E-state index in [9.17, 15) is 10.2 Å². The standard InChI is InChI=1S/C30H54O2/c1-20(2)11-9-16-30(8,32)21-12-17-29(7)25(21)22(31)19-24-27(5)15-10-14-26(3,4)23(27)13-18-28(24,29)6/h20-25,31-32H,9-19H2,1-8H3/t21-,22+,23-,24+,25-,27-,28+,29+,30-/m0/s1. The Morgan fingerprint density at radius 1 is 0.906 bits per heavy atom. The molecule has 4 aliphatic rings. The van der Waals surface area contributed by atoms with E-state index in [2.05, 4.69) is 55.4 Å². The molecule has 32 heavy (non-hydrogen) atoms. The number of aliphatic hydroxyl groups excluding tert-OH is 1. The van der Waals surface area contributed by atoms with Crippen molar-refractivity contribution in [2.75, 3.05) is 0 Å². The second-order valence-corrected chi connectivity index (χ2v) is 14.9. The zero-order valence-electron chi connectivity index (χ0n) is 22.6. The number of rotatable bonds is 5. The Morgan fingerprint density at radius 3 is 2.22 bits per heavy atom. The van der Waals surface area contributed by atoms with Gasteiger partial charge in [-0.1, -0.05) is 67.7 Å². The lowest BCUT2D eigenvalue weighted by Crippen LogP contribution is -2.65. The van der Waals surface area contributed by atoms with Crippen molar-refractivity contribution >= 4 is 0 Å². The van der Waals surface area contributed by atoms with Gasteiger partial charge in [0, 0.05) is 0 Å². The van der Waals surface area contributed by atoms with E-state index < -0.39 is 5.60 Å². The Labute approximate surface area is 199 Å². The monoisotopic (exact) mass is 446 g/mol. The normalized spacial score (nSPS) is 49.8. The van der Waals surface area contributed by atoms with Crippen molar-refractivity contribution in [1.29, 1.82) is 0 Å². The van der Waals surface area contributed by atoms with E-state index in [1.165, 1.54) is 44.9 Å². The van der Waals surface area contributed by atoms with Crippen molar-refractivity contribution in [3.05, 3.63) is 0 Å². The van der Waals surface area contributed by atoms with Crippen molar-refractivity contribution in [2.24, 2.45) is 51.2 Å². The van der Waals surface area contributed by atoms with Gasteiger partial charge in [0.25, 0.3) is 0 Å². The Hall–Kier alpha value is -0.0800. The summed E-state index contributed by atoms with van der Waals surface area (Å²) in [6.07, 6.45) is 12.8. The largest absolute Gasteiger partial charge is 0.393 e. The third-order valence-corrected chi connectivity index (χ3v) is 12.4. The van der Waals surface area contributed by atoms with E-state index in [4.69, 9.17) is 0 Å². The van der Waals surface area contributed by atoms with Crippen LogP contribution < -0.4 is 0 Å². The first kappa shape index (κ1) is 25.0. The van der Waals surface area contributed by atoms with Crippen molar-refractivity contribution in [3.63, 3.8) is 0 Å². The molecule has 0 amide bonds. The number of aliphatic hydroxyl groups is 2. The van der Waals surface area contributed by atoms with Gasteiger partial charge in [0.1, 0.15) is 0 Å². The maximum Gasteiger partial charge on any atom is 0.0651 e. The Kier molecular flexibility index (Phi) is 6.24. The number of hydrogen-bond acceptors (Lipinski definition) is 2. The molecule has 0 spiro atoms. The molecular formula is C30H54O2. The highest BCUT2D eigenvalue weighted by Crippen LogP contribution is 2.75. The maximum atomic E-state index is 11.8. The summed E-state index contributed by atoms with van der Waals surface area (Å²) in [5.74, 6) is 2.56. The molecule has 0 unspecified atom stereocenters. The van der Waals surface area contributed by atoms with Crippen molar-refractivity contribution in [1.82, 2.24) is 0 Å². The van der Waals surface area contributed by atoms with E-state index in [0.29, 0.717) is 22.7 Å². The highest BCUT2D eigenvalue weighted by molar-refractivity contribution is 5.19. The molecule has 4 saturated carbocycles. The molecular weight excluding hydrogens is 392 g/mol. The summed E-state index contributed by atoms with van der Waals surface area (Å²) in [6.45, 7) is 19.4. The number of hydrogen-bond donors (Lipinski definition) is 2. The maximum absolute atomic E-state index is 11.8. The van der Waals surface area contributed by atoms with Crippen LogP contribution in [0, 0.1) is 51.2 Å². The summed E-state index contributed by atoms with van der Waals surface area (Å²) in [4.78, 5) is 0. The first-order valence-corrected chi connectivity index (χ1v) is 14.1. The van der Waals surface area contributed by atoms with Crippen LogP contribution in [0.5, 0.6) is 0 Å². The lowest BCUT2D eigenvalue weighted by molar-refractivity contribution is -0.235. The molecule has 2 N–H and O–H groups in total. The fraction of sp³-hybridized carbons (Fsp3) is 1.00. The van der Waals surface area contributed by atoms with E-state index in [1.54, 1.807) is 0 Å². The summed E-state index contributed by atoms with van der Waals surface area (Å²) in [7, 11) is 0. The molecule has 0 saturated heterocycles. The molecule has 0 bridgehead atoms. The molecule has 0 heterocycles. The predicted octanol–water partition coefficient (Wildman–Crippen LogP) is 7.61. The Bertz CT molecular complexity index is 695. The van der Waals surface area contributed by atoms with Crippen molar-refractivity contribution in [2.45, 2.75) is 138 Å². The summed E-state index contributed by atoms with van der Waals surface area (Å²) >= 11 is 0. The third-order valence-electron chi connectivity index (χ3n) is 12.4. The lowest BCUT2D eigenvalue weighted by atomic mass is 9.35. The summed E-state index contributed by atoms with van der Waals surface area (Å²) in [6, 6.07) is 0. The van der Waals surface area contributed by atoms with Gasteiger partial charge >= 0.3 is 0 Å². The van der Waals surface area contributed by atoms with Crippen LogP contribution in [0.4, 0.5) is 0 Å². The second kappa shape index (κ2) is 7.97. The minimum atomic E-state index is -0.657. The van der Waals surface area contributed by atoms with Crippen LogP contribution in [0.2, 0.25) is 0 Å². The molecule has 4 aliphatic carbocycles. The molecule has 2 heteroatoms. The minimum absolute atomic E-state index is 0.137. The SMILES string of the molecule is CC(C)CCC[C@](C)(O)[C@H]1CC[C@]2(C)[C@@H]1[C@H](O)C[C@@H]1[C@@]3(C)CCCC(C)(C)[C@@H]3CC[C@]12C. The third kappa shape index (κ3) is 3.55. The number of fused-ring (bicyclic) bond motifs is 5. The van der Waals surface area contributed by atoms with Gasteiger partial charge in [-0.2, -0.15) is 0 Å². The summed E-state index contributed by atoms with van der Waals surface area (Å²) < 4.78 is 0. The fourth-order valence-electron chi connectivity index (χ4n) is 10.6. The molecule has 4 fully saturated rings. The van der Waals surface area contributed by atoms with Crippen LogP contribution in [-0.4, -0.2) is 21.9 Å². The first-order chi connectivity index (χ1) is 14.7. The quantitative estimate of drug-likeness (QED) is 0.456. The topological polar surface area (TPSA) is 40.5 Å². The van der Waals surface area contributed by atoms with Crippen LogP contribution in [0.15, 0.2) is 0 Å². The van der Waals surface area contributed by atoms with Gasteiger partial charge in [-0.3, -0.25) is 0 Å². The highest BCUT2D eigenvalue weighted by atomic mass is 16.3. The zero-order valence-corrected chi connectivity index (χ0v) is 22.6. The van der Waals surface area contributed by atoms with E-state index in [1.807, 2.05) is 0 Å². The lowest BCUT2D eigenvalue weighted by Gasteiger charge is -2.70. The molecule has 0 aromatic heterocycles. The van der Waals surface area contributed by atoms with E-state index >= 15 is 0 Å². The molecule has 0 aromatic rings. The minimum Gasteiger partial charge on any atom is -0.393 e. The molecule has 0 aromatic carbocycles. The van der Waals surface area contributed by atoms with Crippen molar-refractivity contribution in [3.8, 4) is 0 Å². The summed E-state index contributed by atoms with van der Waals surface area (Å²) in [5, 5.41) is 23.4. The average molecular weight is 447 g/mol. The molecule has 4 rings (SSSR count). The van der Waals surface area contributed by atoms with Crippen LogP contribution in [-0.2, 0) is 0 Å².